The van der Waals surface area contributed by atoms with Gasteiger partial charge in [0.15, 0.2) is 0 Å². The van der Waals surface area contributed by atoms with Gasteiger partial charge in [-0.1, -0.05) is 13.0 Å². The van der Waals surface area contributed by atoms with Gasteiger partial charge in [0.2, 0.25) is 0 Å². The van der Waals surface area contributed by atoms with Gasteiger partial charge >= 0.3 is 6.09 Å². The highest BCUT2D eigenvalue weighted by Crippen LogP contribution is 2.39. The second-order valence-corrected chi connectivity index (χ2v) is 7.04. The Morgan fingerprint density at radius 2 is 2.29 bits per heavy atom. The largest absolute Gasteiger partial charge is 0.465 e. The van der Waals surface area contributed by atoms with Crippen LogP contribution in [0.5, 0.6) is 0 Å². The number of amides is 1. The van der Waals surface area contributed by atoms with Gasteiger partial charge in [-0.15, -0.1) is 0 Å². The summed E-state index contributed by atoms with van der Waals surface area (Å²) in [5, 5.41) is 0. The van der Waals surface area contributed by atoms with Crippen molar-refractivity contribution in [1.82, 2.24) is 9.80 Å². The summed E-state index contributed by atoms with van der Waals surface area (Å²) in [5.41, 5.74) is 0.252. The van der Waals surface area contributed by atoms with E-state index in [2.05, 4.69) is 11.0 Å². The van der Waals surface area contributed by atoms with Crippen LogP contribution in [-0.4, -0.2) is 55.2 Å². The first-order valence-corrected chi connectivity index (χ1v) is 9.05. The molecule has 5 heteroatoms. The molecule has 0 radical (unpaired) electrons. The van der Waals surface area contributed by atoms with Gasteiger partial charge < -0.3 is 14.1 Å². The number of rotatable bonds is 5. The second-order valence-electron chi connectivity index (χ2n) is 7.04. The fourth-order valence-corrected chi connectivity index (χ4v) is 3.87. The van der Waals surface area contributed by atoms with Crippen LogP contribution in [0.25, 0.3) is 6.08 Å². The number of carbonyl (C=O) groups excluding carboxylic acids is 1. The number of likely N-dealkylation sites (tertiary alicyclic amines) is 2. The molecule has 1 spiro atoms. The molecule has 2 aliphatic rings. The summed E-state index contributed by atoms with van der Waals surface area (Å²) in [6.07, 6.45) is 10.1. The van der Waals surface area contributed by atoms with Crippen molar-refractivity contribution in [2.24, 2.45) is 5.41 Å². The summed E-state index contributed by atoms with van der Waals surface area (Å²) in [4.78, 5) is 16.5. The summed E-state index contributed by atoms with van der Waals surface area (Å²) in [5.74, 6) is 0.896. The third-order valence-corrected chi connectivity index (χ3v) is 5.06. The van der Waals surface area contributed by atoms with Crippen LogP contribution in [0.1, 0.15) is 38.4 Å². The van der Waals surface area contributed by atoms with E-state index in [4.69, 9.17) is 9.15 Å². The van der Waals surface area contributed by atoms with Gasteiger partial charge in [-0.05, 0) is 50.4 Å². The van der Waals surface area contributed by atoms with Crippen LogP contribution in [0.15, 0.2) is 28.9 Å². The van der Waals surface area contributed by atoms with Crippen molar-refractivity contribution in [3.63, 3.8) is 0 Å². The maximum Gasteiger partial charge on any atom is 0.409 e. The Kier molecular flexibility index (Phi) is 5.61. The number of hydrogen-bond donors (Lipinski definition) is 0. The molecule has 1 atom stereocenters. The molecule has 0 N–H and O–H groups in total. The van der Waals surface area contributed by atoms with Gasteiger partial charge in [-0.3, -0.25) is 4.90 Å². The van der Waals surface area contributed by atoms with Crippen molar-refractivity contribution in [3.05, 3.63) is 30.2 Å². The van der Waals surface area contributed by atoms with Gasteiger partial charge in [0, 0.05) is 31.6 Å². The van der Waals surface area contributed by atoms with Gasteiger partial charge in [0.1, 0.15) is 5.76 Å². The lowest BCUT2D eigenvalue weighted by molar-refractivity contribution is 0.0845. The Morgan fingerprint density at radius 3 is 3.08 bits per heavy atom. The van der Waals surface area contributed by atoms with E-state index in [-0.39, 0.29) is 11.5 Å². The Labute approximate surface area is 144 Å². The zero-order valence-electron chi connectivity index (χ0n) is 14.6. The average Bonchev–Trinajstić information content (AvgIpc) is 3.23. The molecule has 2 aliphatic heterocycles. The SMILES string of the molecule is CCCOC(=O)N1CCC2(CCCN(C/C=C/c3ccco3)C2)C1. The molecule has 3 rings (SSSR count). The van der Waals surface area contributed by atoms with E-state index in [1.807, 2.05) is 30.0 Å². The van der Waals surface area contributed by atoms with Crippen LogP contribution >= 0.6 is 0 Å². The Balaban J connectivity index is 1.50. The molecule has 132 valence electrons. The van der Waals surface area contributed by atoms with Crippen LogP contribution in [0, 0.1) is 5.41 Å². The van der Waals surface area contributed by atoms with E-state index >= 15 is 0 Å². The molecule has 3 heterocycles. The van der Waals surface area contributed by atoms with Gasteiger partial charge in [-0.2, -0.15) is 0 Å². The quantitative estimate of drug-likeness (QED) is 0.826. The normalized spacial score (nSPS) is 25.0. The van der Waals surface area contributed by atoms with Crippen molar-refractivity contribution < 1.29 is 13.9 Å². The van der Waals surface area contributed by atoms with Crippen LogP contribution < -0.4 is 0 Å². The number of piperidine rings is 1. The molecule has 1 aromatic heterocycles. The fraction of sp³-hybridized carbons (Fsp3) is 0.632. The summed E-state index contributed by atoms with van der Waals surface area (Å²) < 4.78 is 10.6. The number of hydrogen-bond acceptors (Lipinski definition) is 4. The number of nitrogens with zero attached hydrogens (tertiary/aromatic N) is 2. The van der Waals surface area contributed by atoms with Crippen LogP contribution in [0.3, 0.4) is 0 Å². The lowest BCUT2D eigenvalue weighted by Gasteiger charge is -2.39. The highest BCUT2D eigenvalue weighted by atomic mass is 16.6. The van der Waals surface area contributed by atoms with E-state index in [1.165, 1.54) is 12.8 Å². The van der Waals surface area contributed by atoms with Crippen molar-refractivity contribution in [2.45, 2.75) is 32.6 Å². The van der Waals surface area contributed by atoms with E-state index in [1.54, 1.807) is 6.26 Å². The summed E-state index contributed by atoms with van der Waals surface area (Å²) in [6, 6.07) is 3.87. The Hall–Kier alpha value is -1.75. The average molecular weight is 332 g/mol. The first-order valence-electron chi connectivity index (χ1n) is 9.05. The minimum atomic E-state index is -0.136. The lowest BCUT2D eigenvalue weighted by atomic mass is 9.79. The molecule has 0 aliphatic carbocycles. The molecule has 0 aromatic carbocycles. The molecule has 0 bridgehead atoms. The molecule has 1 unspecified atom stereocenters. The molecule has 2 saturated heterocycles. The third-order valence-electron chi connectivity index (χ3n) is 5.06. The van der Waals surface area contributed by atoms with Gasteiger partial charge in [0.25, 0.3) is 0 Å². The standard InChI is InChI=1S/C19H28N2O3/c1-2-13-24-18(22)21-12-9-19(16-21)8-5-11-20(15-19)10-3-6-17-7-4-14-23-17/h3-4,6-7,14H,2,5,8-13,15-16H2,1H3/b6-3+. The molecule has 0 saturated carbocycles. The maximum absolute atomic E-state index is 12.1. The minimum absolute atomic E-state index is 0.136. The monoisotopic (exact) mass is 332 g/mol. The molecule has 2 fully saturated rings. The van der Waals surface area contributed by atoms with Crippen molar-refractivity contribution in [3.8, 4) is 0 Å². The smallest absolute Gasteiger partial charge is 0.409 e. The van der Waals surface area contributed by atoms with Crippen LogP contribution in [0.4, 0.5) is 4.79 Å². The summed E-state index contributed by atoms with van der Waals surface area (Å²) in [6.45, 7) is 7.34. The number of ether oxygens (including phenoxy) is 1. The predicted molar refractivity (Wildman–Crippen MR) is 93.7 cm³/mol. The summed E-state index contributed by atoms with van der Waals surface area (Å²) >= 11 is 0. The summed E-state index contributed by atoms with van der Waals surface area (Å²) in [7, 11) is 0. The van der Waals surface area contributed by atoms with Crippen molar-refractivity contribution >= 4 is 12.2 Å². The maximum atomic E-state index is 12.1. The Bertz CT molecular complexity index is 555. The topological polar surface area (TPSA) is 45.9 Å². The zero-order chi connectivity index (χ0) is 16.8. The van der Waals surface area contributed by atoms with Crippen LogP contribution in [-0.2, 0) is 4.74 Å². The van der Waals surface area contributed by atoms with E-state index in [9.17, 15) is 4.79 Å². The molecule has 24 heavy (non-hydrogen) atoms. The molecule has 5 nitrogen and oxygen atoms in total. The zero-order valence-corrected chi connectivity index (χ0v) is 14.6. The minimum Gasteiger partial charge on any atom is -0.465 e. The molecular weight excluding hydrogens is 304 g/mol. The second kappa shape index (κ2) is 7.88. The van der Waals surface area contributed by atoms with E-state index in [0.717, 1.165) is 51.3 Å². The van der Waals surface area contributed by atoms with E-state index < -0.39 is 0 Å². The number of furan rings is 1. The van der Waals surface area contributed by atoms with Crippen LogP contribution in [0.2, 0.25) is 0 Å². The molecule has 1 aromatic rings. The Morgan fingerprint density at radius 1 is 1.38 bits per heavy atom. The molecule has 1 amide bonds. The van der Waals surface area contributed by atoms with Crippen molar-refractivity contribution in [1.29, 1.82) is 0 Å². The van der Waals surface area contributed by atoms with Gasteiger partial charge in [0.05, 0.1) is 12.9 Å². The molecular formula is C19H28N2O3. The van der Waals surface area contributed by atoms with Gasteiger partial charge in [-0.25, -0.2) is 4.79 Å². The highest BCUT2D eigenvalue weighted by molar-refractivity contribution is 5.68. The third kappa shape index (κ3) is 4.20. The van der Waals surface area contributed by atoms with E-state index in [0.29, 0.717) is 6.61 Å². The lowest BCUT2D eigenvalue weighted by Crippen LogP contribution is -2.45. The first-order chi connectivity index (χ1) is 11.7. The van der Waals surface area contributed by atoms with Crippen molar-refractivity contribution in [2.75, 3.05) is 39.3 Å². The first kappa shape index (κ1) is 17.1. The predicted octanol–water partition coefficient (Wildman–Crippen LogP) is 3.63. The number of carbonyl (C=O) groups is 1. The highest BCUT2D eigenvalue weighted by Gasteiger charge is 2.42. The fourth-order valence-electron chi connectivity index (χ4n) is 3.87.